The Labute approximate surface area is 82.8 Å². The first kappa shape index (κ1) is 9.63. The zero-order valence-electron chi connectivity index (χ0n) is 6.80. The van der Waals surface area contributed by atoms with Gasteiger partial charge in [0, 0.05) is 0 Å². The molecule has 0 amide bonds. The summed E-state index contributed by atoms with van der Waals surface area (Å²) in [6, 6.07) is 9.57. The first-order valence-electron chi connectivity index (χ1n) is 3.74. The van der Waals surface area contributed by atoms with Gasteiger partial charge in [0.1, 0.15) is 0 Å². The van der Waals surface area contributed by atoms with Crippen LogP contribution in [0.25, 0.3) is 0 Å². The molecule has 0 saturated carbocycles. The number of allylic oxidation sites excluding steroid dienone is 2. The molecule has 0 N–H and O–H groups in total. The molecule has 0 heterocycles. The Morgan fingerprint density at radius 2 is 1.75 bits per heavy atom. The minimum atomic E-state index is -0.893. The predicted molar refractivity (Wildman–Crippen MR) is 54.6 cm³/mol. The molecule has 0 aliphatic carbocycles. The fourth-order valence-corrected chi connectivity index (χ4v) is 1.47. The average molecular weight is 201 g/mol. The van der Waals surface area contributed by atoms with Gasteiger partial charge in [0.05, 0.1) is 0 Å². The van der Waals surface area contributed by atoms with Crippen molar-refractivity contribution in [1.29, 1.82) is 0 Å². The molecule has 1 aromatic carbocycles. The van der Waals surface area contributed by atoms with Gasteiger partial charge in [-0.25, -0.2) is 0 Å². The molecule has 0 spiro atoms. The third kappa shape index (κ3) is 2.26. The second-order valence-corrected chi connectivity index (χ2v) is 3.87. The standard InChI is InChI=1S/C10H10Cl2/c1-2-8-10(11,12)9-6-4-3-5-7-9/h2-8H,1H3. The van der Waals surface area contributed by atoms with Crippen LogP contribution in [-0.4, -0.2) is 0 Å². The van der Waals surface area contributed by atoms with Crippen LogP contribution in [0.5, 0.6) is 0 Å². The summed E-state index contributed by atoms with van der Waals surface area (Å²) < 4.78 is -0.893. The van der Waals surface area contributed by atoms with Gasteiger partial charge in [-0.05, 0) is 18.6 Å². The Morgan fingerprint density at radius 3 is 2.25 bits per heavy atom. The van der Waals surface area contributed by atoms with Crippen LogP contribution in [0.3, 0.4) is 0 Å². The molecular formula is C10H10Cl2. The van der Waals surface area contributed by atoms with E-state index in [4.69, 9.17) is 23.2 Å². The fourth-order valence-electron chi connectivity index (χ4n) is 0.966. The highest BCUT2D eigenvalue weighted by molar-refractivity contribution is 6.49. The van der Waals surface area contributed by atoms with E-state index in [2.05, 4.69) is 0 Å². The molecule has 2 heteroatoms. The first-order chi connectivity index (χ1) is 5.67. The SMILES string of the molecule is CC=CC(Cl)(Cl)c1ccccc1. The van der Waals surface area contributed by atoms with E-state index in [0.29, 0.717) is 0 Å². The smallest absolute Gasteiger partial charge is 0.0916 e. The molecular weight excluding hydrogens is 191 g/mol. The van der Waals surface area contributed by atoms with E-state index in [0.717, 1.165) is 5.56 Å². The maximum absolute atomic E-state index is 6.04. The summed E-state index contributed by atoms with van der Waals surface area (Å²) in [7, 11) is 0. The minimum Gasteiger partial charge on any atom is -0.0916 e. The molecule has 0 saturated heterocycles. The summed E-state index contributed by atoms with van der Waals surface area (Å²) in [4.78, 5) is 0. The number of alkyl halides is 2. The molecule has 0 aromatic heterocycles. The van der Waals surface area contributed by atoms with Gasteiger partial charge in [-0.1, -0.05) is 59.6 Å². The van der Waals surface area contributed by atoms with Crippen LogP contribution in [0.1, 0.15) is 12.5 Å². The van der Waals surface area contributed by atoms with Crippen LogP contribution in [0.2, 0.25) is 0 Å². The van der Waals surface area contributed by atoms with Crippen molar-refractivity contribution < 1.29 is 0 Å². The highest BCUT2D eigenvalue weighted by atomic mass is 35.5. The molecule has 0 radical (unpaired) electrons. The number of rotatable bonds is 2. The van der Waals surface area contributed by atoms with E-state index in [1.165, 1.54) is 0 Å². The Bertz CT molecular complexity index is 262. The van der Waals surface area contributed by atoms with Crippen LogP contribution in [0.4, 0.5) is 0 Å². The van der Waals surface area contributed by atoms with Crippen LogP contribution < -0.4 is 0 Å². The van der Waals surface area contributed by atoms with Gasteiger partial charge in [-0.2, -0.15) is 0 Å². The van der Waals surface area contributed by atoms with Gasteiger partial charge >= 0.3 is 0 Å². The second-order valence-electron chi connectivity index (χ2n) is 2.49. The highest BCUT2D eigenvalue weighted by Crippen LogP contribution is 2.34. The maximum Gasteiger partial charge on any atom is 0.161 e. The van der Waals surface area contributed by atoms with Crippen LogP contribution in [0, 0.1) is 0 Å². The Morgan fingerprint density at radius 1 is 1.17 bits per heavy atom. The molecule has 1 rings (SSSR count). The van der Waals surface area contributed by atoms with Gasteiger partial charge < -0.3 is 0 Å². The number of benzene rings is 1. The highest BCUT2D eigenvalue weighted by Gasteiger charge is 2.21. The Kier molecular flexibility index (Phi) is 3.19. The third-order valence-corrected chi connectivity index (χ3v) is 2.22. The van der Waals surface area contributed by atoms with Crippen LogP contribution in [-0.2, 0) is 4.33 Å². The fraction of sp³-hybridized carbons (Fsp3) is 0.200. The van der Waals surface area contributed by atoms with Crippen molar-refractivity contribution in [1.82, 2.24) is 0 Å². The van der Waals surface area contributed by atoms with Gasteiger partial charge in [-0.15, -0.1) is 0 Å². The van der Waals surface area contributed by atoms with Crippen LogP contribution >= 0.6 is 23.2 Å². The summed E-state index contributed by atoms with van der Waals surface area (Å²) >= 11 is 12.1. The number of halogens is 2. The lowest BCUT2D eigenvalue weighted by molar-refractivity contribution is 1.10. The maximum atomic E-state index is 6.04. The molecule has 12 heavy (non-hydrogen) atoms. The van der Waals surface area contributed by atoms with Crippen LogP contribution in [0.15, 0.2) is 42.5 Å². The van der Waals surface area contributed by atoms with Crippen molar-refractivity contribution in [3.8, 4) is 0 Å². The van der Waals surface area contributed by atoms with Gasteiger partial charge in [-0.3, -0.25) is 0 Å². The van der Waals surface area contributed by atoms with Crippen molar-refractivity contribution in [2.75, 3.05) is 0 Å². The normalized spacial score (nSPS) is 12.2. The van der Waals surface area contributed by atoms with Gasteiger partial charge in [0.2, 0.25) is 0 Å². The molecule has 0 bridgehead atoms. The molecule has 0 aliphatic heterocycles. The number of hydrogen-bond acceptors (Lipinski definition) is 0. The lowest BCUT2D eigenvalue weighted by Gasteiger charge is -2.14. The molecule has 64 valence electrons. The van der Waals surface area contributed by atoms with Crippen molar-refractivity contribution >= 4 is 23.2 Å². The number of hydrogen-bond donors (Lipinski definition) is 0. The Hall–Kier alpha value is -0.460. The van der Waals surface area contributed by atoms with E-state index in [-0.39, 0.29) is 0 Å². The van der Waals surface area contributed by atoms with E-state index in [1.807, 2.05) is 43.3 Å². The van der Waals surface area contributed by atoms with E-state index in [9.17, 15) is 0 Å². The lowest BCUT2D eigenvalue weighted by atomic mass is 10.1. The summed E-state index contributed by atoms with van der Waals surface area (Å²) in [5.74, 6) is 0. The average Bonchev–Trinajstić information content (AvgIpc) is 2.06. The molecule has 0 atom stereocenters. The quantitative estimate of drug-likeness (QED) is 0.502. The monoisotopic (exact) mass is 200 g/mol. The van der Waals surface area contributed by atoms with Gasteiger partial charge in [0.25, 0.3) is 0 Å². The molecule has 0 aliphatic rings. The zero-order valence-corrected chi connectivity index (χ0v) is 8.31. The summed E-state index contributed by atoms with van der Waals surface area (Å²) in [6.07, 6.45) is 3.60. The summed E-state index contributed by atoms with van der Waals surface area (Å²) in [6.45, 7) is 1.89. The zero-order chi connectivity index (χ0) is 9.03. The van der Waals surface area contributed by atoms with E-state index >= 15 is 0 Å². The Balaban J connectivity index is 2.97. The molecule has 0 unspecified atom stereocenters. The lowest BCUT2D eigenvalue weighted by Crippen LogP contribution is -2.04. The van der Waals surface area contributed by atoms with Crippen molar-refractivity contribution in [2.24, 2.45) is 0 Å². The third-order valence-electron chi connectivity index (χ3n) is 1.53. The first-order valence-corrected chi connectivity index (χ1v) is 4.49. The van der Waals surface area contributed by atoms with Crippen molar-refractivity contribution in [2.45, 2.75) is 11.3 Å². The summed E-state index contributed by atoms with van der Waals surface area (Å²) in [5, 5.41) is 0. The molecule has 1 aromatic rings. The molecule has 0 fully saturated rings. The predicted octanol–water partition coefficient (Wildman–Crippen LogP) is 3.89. The minimum absolute atomic E-state index is 0.893. The molecule has 0 nitrogen and oxygen atoms in total. The summed E-state index contributed by atoms with van der Waals surface area (Å²) in [5.41, 5.74) is 0.895. The van der Waals surface area contributed by atoms with Crippen molar-refractivity contribution in [3.63, 3.8) is 0 Å². The second kappa shape index (κ2) is 3.97. The van der Waals surface area contributed by atoms with Gasteiger partial charge in [0.15, 0.2) is 4.33 Å². The van der Waals surface area contributed by atoms with Crippen molar-refractivity contribution in [3.05, 3.63) is 48.0 Å². The van der Waals surface area contributed by atoms with E-state index in [1.54, 1.807) is 6.08 Å². The van der Waals surface area contributed by atoms with E-state index < -0.39 is 4.33 Å². The topological polar surface area (TPSA) is 0 Å². The largest absolute Gasteiger partial charge is 0.161 e.